The third-order valence-corrected chi connectivity index (χ3v) is 11.4. The van der Waals surface area contributed by atoms with Crippen LogP contribution in [0.2, 0.25) is 0 Å². The van der Waals surface area contributed by atoms with Crippen LogP contribution in [-0.2, 0) is 5.54 Å². The molecule has 0 amide bonds. The standard InChI is InChI=1S/C51H34N2/c1-2-21-37(22-3-1)51(44-29-11-8-25-40(44)41-26-9-12-30-45(41)51)53-48-31-13-10-27-42(48)43-28-16-34-49(50(43)53)52(46-32-14-19-35-17-4-6-23-38(35)46)47-33-15-20-36-18-5-7-24-39(36)47/h1-34H. The zero-order chi connectivity index (χ0) is 34.9. The minimum absolute atomic E-state index is 0.658. The van der Waals surface area contributed by atoms with Crippen LogP contribution in [0, 0.1) is 0 Å². The average molecular weight is 675 g/mol. The molecule has 1 heterocycles. The number of fused-ring (bicyclic) bond motifs is 8. The predicted molar refractivity (Wildman–Crippen MR) is 223 cm³/mol. The molecule has 0 aliphatic heterocycles. The van der Waals surface area contributed by atoms with Gasteiger partial charge in [0.25, 0.3) is 0 Å². The first-order valence-electron chi connectivity index (χ1n) is 18.4. The Morgan fingerprint density at radius 2 is 0.792 bits per heavy atom. The Morgan fingerprint density at radius 3 is 1.43 bits per heavy atom. The van der Waals surface area contributed by atoms with E-state index in [1.165, 1.54) is 71.2 Å². The SMILES string of the molecule is c1ccc(C2(n3c4ccccc4c4cccc(N(c5cccc6ccccc56)c5cccc6ccccc56)c43)c3ccccc3-c3ccccc32)cc1. The maximum Gasteiger partial charge on any atom is 0.122 e. The Balaban J connectivity index is 1.37. The van der Waals surface area contributed by atoms with Gasteiger partial charge in [-0.1, -0.05) is 182 Å². The van der Waals surface area contributed by atoms with Gasteiger partial charge in [0.05, 0.1) is 28.1 Å². The van der Waals surface area contributed by atoms with Gasteiger partial charge < -0.3 is 9.47 Å². The van der Waals surface area contributed by atoms with Crippen molar-refractivity contribution < 1.29 is 0 Å². The molecule has 9 aromatic carbocycles. The largest absolute Gasteiger partial charge is 0.320 e. The lowest BCUT2D eigenvalue weighted by atomic mass is 9.80. The number of anilines is 3. The number of rotatable bonds is 5. The number of hydrogen-bond donors (Lipinski definition) is 0. The molecule has 2 nitrogen and oxygen atoms in total. The minimum Gasteiger partial charge on any atom is -0.320 e. The quantitative estimate of drug-likeness (QED) is 0.176. The van der Waals surface area contributed by atoms with Gasteiger partial charge in [-0.25, -0.2) is 0 Å². The van der Waals surface area contributed by atoms with Crippen molar-refractivity contribution in [2.24, 2.45) is 0 Å². The van der Waals surface area contributed by atoms with Crippen molar-refractivity contribution in [1.82, 2.24) is 4.57 Å². The second-order valence-electron chi connectivity index (χ2n) is 14.0. The van der Waals surface area contributed by atoms with Gasteiger partial charge in [0.1, 0.15) is 5.54 Å². The molecule has 0 spiro atoms. The molecule has 1 aliphatic rings. The van der Waals surface area contributed by atoms with Gasteiger partial charge in [0, 0.05) is 21.5 Å². The molecule has 0 bridgehead atoms. The maximum absolute atomic E-state index is 2.68. The van der Waals surface area contributed by atoms with E-state index in [9.17, 15) is 0 Å². The highest BCUT2D eigenvalue weighted by Gasteiger charge is 2.48. The first-order valence-corrected chi connectivity index (χ1v) is 18.4. The fraction of sp³-hybridized carbons (Fsp3) is 0.0196. The van der Waals surface area contributed by atoms with E-state index in [4.69, 9.17) is 0 Å². The van der Waals surface area contributed by atoms with E-state index in [0.717, 1.165) is 17.1 Å². The Hall–Kier alpha value is -6.90. The lowest BCUT2D eigenvalue weighted by molar-refractivity contribution is 0.564. The van der Waals surface area contributed by atoms with Crippen molar-refractivity contribution in [3.8, 4) is 11.1 Å². The Kier molecular flexibility index (Phi) is 6.50. The van der Waals surface area contributed by atoms with E-state index in [2.05, 4.69) is 216 Å². The van der Waals surface area contributed by atoms with Crippen molar-refractivity contribution in [2.75, 3.05) is 4.90 Å². The zero-order valence-electron chi connectivity index (χ0n) is 29.0. The molecule has 1 aromatic heterocycles. The molecular formula is C51H34N2. The molecule has 2 heteroatoms. The smallest absolute Gasteiger partial charge is 0.122 e. The number of hydrogen-bond acceptors (Lipinski definition) is 1. The molecule has 10 aromatic rings. The van der Waals surface area contributed by atoms with E-state index >= 15 is 0 Å². The second-order valence-corrected chi connectivity index (χ2v) is 14.0. The predicted octanol–water partition coefficient (Wildman–Crippen LogP) is 13.4. The average Bonchev–Trinajstić information content (AvgIpc) is 3.73. The van der Waals surface area contributed by atoms with E-state index in [1.807, 2.05) is 0 Å². The molecule has 0 fully saturated rings. The van der Waals surface area contributed by atoms with Gasteiger partial charge in [0.15, 0.2) is 0 Å². The van der Waals surface area contributed by atoms with Crippen molar-refractivity contribution in [3.63, 3.8) is 0 Å². The summed E-state index contributed by atoms with van der Waals surface area (Å²) in [5, 5.41) is 7.29. The topological polar surface area (TPSA) is 8.17 Å². The lowest BCUT2D eigenvalue weighted by Crippen LogP contribution is -2.36. The second kappa shape index (κ2) is 11.6. The summed E-state index contributed by atoms with van der Waals surface area (Å²) < 4.78 is 2.68. The van der Waals surface area contributed by atoms with E-state index in [1.54, 1.807) is 0 Å². The van der Waals surface area contributed by atoms with Gasteiger partial charge in [-0.3, -0.25) is 0 Å². The van der Waals surface area contributed by atoms with Crippen LogP contribution in [0.15, 0.2) is 206 Å². The summed E-state index contributed by atoms with van der Waals surface area (Å²) in [6.07, 6.45) is 0. The van der Waals surface area contributed by atoms with Gasteiger partial charge in [0.2, 0.25) is 0 Å². The van der Waals surface area contributed by atoms with Crippen LogP contribution >= 0.6 is 0 Å². The highest BCUT2D eigenvalue weighted by atomic mass is 15.2. The molecule has 0 unspecified atom stereocenters. The molecule has 0 radical (unpaired) electrons. The summed E-state index contributed by atoms with van der Waals surface area (Å²) in [7, 11) is 0. The maximum atomic E-state index is 2.68. The summed E-state index contributed by atoms with van der Waals surface area (Å²) in [6.45, 7) is 0. The highest BCUT2D eigenvalue weighted by molar-refractivity contribution is 6.16. The minimum atomic E-state index is -0.658. The Labute approximate surface area is 308 Å². The third kappa shape index (κ3) is 4.15. The normalized spacial score (nSPS) is 13.1. The fourth-order valence-electron chi connectivity index (χ4n) is 9.30. The van der Waals surface area contributed by atoms with Gasteiger partial charge >= 0.3 is 0 Å². The summed E-state index contributed by atoms with van der Waals surface area (Å²) in [5.41, 5.74) is 11.5. The number of benzene rings is 9. The monoisotopic (exact) mass is 674 g/mol. The first kappa shape index (κ1) is 29.8. The Bertz CT molecular complexity index is 2890. The third-order valence-electron chi connectivity index (χ3n) is 11.4. The first-order chi connectivity index (χ1) is 26.3. The Morgan fingerprint density at radius 1 is 0.340 bits per heavy atom. The fourth-order valence-corrected chi connectivity index (χ4v) is 9.30. The summed E-state index contributed by atoms with van der Waals surface area (Å²) >= 11 is 0. The van der Waals surface area contributed by atoms with Crippen molar-refractivity contribution in [3.05, 3.63) is 223 Å². The molecule has 0 saturated carbocycles. The van der Waals surface area contributed by atoms with Gasteiger partial charge in [-0.15, -0.1) is 0 Å². The van der Waals surface area contributed by atoms with Crippen LogP contribution in [0.25, 0.3) is 54.5 Å². The van der Waals surface area contributed by atoms with Crippen LogP contribution in [0.1, 0.15) is 16.7 Å². The molecule has 248 valence electrons. The van der Waals surface area contributed by atoms with Crippen LogP contribution in [-0.4, -0.2) is 4.57 Å². The highest BCUT2D eigenvalue weighted by Crippen LogP contribution is 2.57. The van der Waals surface area contributed by atoms with Crippen molar-refractivity contribution >= 4 is 60.4 Å². The van der Waals surface area contributed by atoms with E-state index in [0.29, 0.717) is 0 Å². The number of aromatic nitrogens is 1. The van der Waals surface area contributed by atoms with Crippen molar-refractivity contribution in [1.29, 1.82) is 0 Å². The molecular weight excluding hydrogens is 641 g/mol. The molecule has 0 saturated heterocycles. The molecule has 53 heavy (non-hydrogen) atoms. The molecule has 11 rings (SSSR count). The molecule has 0 atom stereocenters. The number of para-hydroxylation sites is 2. The van der Waals surface area contributed by atoms with E-state index < -0.39 is 5.54 Å². The van der Waals surface area contributed by atoms with Crippen LogP contribution in [0.4, 0.5) is 17.1 Å². The molecule has 0 N–H and O–H groups in total. The zero-order valence-corrected chi connectivity index (χ0v) is 29.0. The van der Waals surface area contributed by atoms with Crippen LogP contribution < -0.4 is 4.90 Å². The van der Waals surface area contributed by atoms with E-state index in [-0.39, 0.29) is 0 Å². The van der Waals surface area contributed by atoms with Crippen LogP contribution in [0.5, 0.6) is 0 Å². The summed E-state index contributed by atoms with van der Waals surface area (Å²) in [6, 6.07) is 75.9. The van der Waals surface area contributed by atoms with Crippen LogP contribution in [0.3, 0.4) is 0 Å². The van der Waals surface area contributed by atoms with Crippen molar-refractivity contribution in [2.45, 2.75) is 5.54 Å². The number of nitrogens with zero attached hydrogens (tertiary/aromatic N) is 2. The van der Waals surface area contributed by atoms with Gasteiger partial charge in [-0.05, 0) is 62.9 Å². The molecule has 1 aliphatic carbocycles. The summed E-state index contributed by atoms with van der Waals surface area (Å²) in [5.74, 6) is 0. The summed E-state index contributed by atoms with van der Waals surface area (Å²) in [4.78, 5) is 2.52. The van der Waals surface area contributed by atoms with Gasteiger partial charge in [-0.2, -0.15) is 0 Å². The lowest BCUT2D eigenvalue weighted by Gasteiger charge is -2.38.